The molecule has 0 fully saturated rings. The minimum Gasteiger partial charge on any atom is -0.462 e. The predicted molar refractivity (Wildman–Crippen MR) is 256 cm³/mol. The van der Waals surface area contributed by atoms with Crippen molar-refractivity contribution in [3.8, 4) is 0 Å². The highest BCUT2D eigenvalue weighted by Crippen LogP contribution is 2.19. The smallest absolute Gasteiger partial charge is 0.306 e. The first kappa shape index (κ1) is 55.7. The summed E-state index contributed by atoms with van der Waals surface area (Å²) >= 11 is 0. The highest BCUT2D eigenvalue weighted by molar-refractivity contribution is 5.69. The van der Waals surface area contributed by atoms with E-state index in [1.165, 1.54) is 135 Å². The largest absolute Gasteiger partial charge is 0.462 e. The fourth-order valence-corrected chi connectivity index (χ4v) is 8.25. The zero-order valence-electron chi connectivity index (χ0n) is 40.0. The third kappa shape index (κ3) is 35.3. The Balaban J connectivity index is 2.37. The number of carbonyl (C=O) groups is 2. The Kier molecular flexibility index (Phi) is 38.9. The monoisotopic (exact) mass is 844 g/mol. The average Bonchev–Trinajstić information content (AvgIpc) is 3.24. The fraction of sp³-hybridized carbons (Fsp3) is 0.865. The van der Waals surface area contributed by atoms with Crippen LogP contribution in [0.15, 0.2) is 23.1 Å². The van der Waals surface area contributed by atoms with Gasteiger partial charge in [0.05, 0.1) is 0 Å². The molecule has 0 saturated carbocycles. The van der Waals surface area contributed by atoms with Gasteiger partial charge in [-0.25, -0.2) is 0 Å². The van der Waals surface area contributed by atoms with Crippen molar-refractivity contribution in [3.63, 3.8) is 0 Å². The van der Waals surface area contributed by atoms with Gasteiger partial charge in [0.1, 0.15) is 12.2 Å². The van der Waals surface area contributed by atoms with Crippen molar-refractivity contribution < 1.29 is 19.1 Å². The number of aromatic amines is 1. The number of H-pyrrole nitrogens is 1. The molecular formula is C52H97N3O5. The molecule has 8 heteroatoms. The minimum atomic E-state index is -0.0831. The van der Waals surface area contributed by atoms with Crippen molar-refractivity contribution >= 4 is 17.6 Å². The third-order valence-corrected chi connectivity index (χ3v) is 12.2. The van der Waals surface area contributed by atoms with Crippen LogP contribution in [0.25, 0.3) is 0 Å². The van der Waals surface area contributed by atoms with Crippen LogP contribution in [0.2, 0.25) is 0 Å². The lowest BCUT2D eigenvalue weighted by molar-refractivity contribution is -0.150. The lowest BCUT2D eigenvalue weighted by Gasteiger charge is -2.22. The van der Waals surface area contributed by atoms with Crippen molar-refractivity contribution in [3.05, 3.63) is 28.7 Å². The van der Waals surface area contributed by atoms with Crippen molar-refractivity contribution in [2.45, 2.75) is 265 Å². The van der Waals surface area contributed by atoms with Crippen molar-refractivity contribution in [1.29, 1.82) is 0 Å². The molecule has 1 atom stereocenters. The molecular weight excluding hydrogens is 747 g/mol. The molecule has 2 N–H and O–H groups in total. The number of nitrogens with one attached hydrogen (secondary N) is 2. The van der Waals surface area contributed by atoms with Crippen LogP contribution in [0.3, 0.4) is 0 Å². The van der Waals surface area contributed by atoms with Crippen LogP contribution >= 0.6 is 0 Å². The van der Waals surface area contributed by atoms with Crippen LogP contribution in [0.4, 0.5) is 5.69 Å². The first-order chi connectivity index (χ1) is 29.4. The molecule has 1 rings (SSSR count). The van der Waals surface area contributed by atoms with Gasteiger partial charge in [0.2, 0.25) is 5.56 Å². The summed E-state index contributed by atoms with van der Waals surface area (Å²) in [5, 5.41) is 3.40. The Hall–Kier alpha value is -2.35. The summed E-state index contributed by atoms with van der Waals surface area (Å²) in [4.78, 5) is 42.3. The van der Waals surface area contributed by atoms with E-state index in [1.54, 1.807) is 12.3 Å². The number of nitrogens with zero attached hydrogens (tertiary/aromatic N) is 1. The van der Waals surface area contributed by atoms with Gasteiger partial charge in [-0.15, -0.1) is 0 Å². The number of esters is 2. The van der Waals surface area contributed by atoms with Crippen molar-refractivity contribution in [2.75, 3.05) is 31.5 Å². The van der Waals surface area contributed by atoms with Crippen molar-refractivity contribution in [1.82, 2.24) is 9.88 Å². The molecule has 0 saturated heterocycles. The number of pyridine rings is 1. The van der Waals surface area contributed by atoms with Crippen molar-refractivity contribution in [2.24, 2.45) is 0 Å². The maximum Gasteiger partial charge on any atom is 0.306 e. The van der Waals surface area contributed by atoms with E-state index in [9.17, 15) is 14.4 Å². The fourth-order valence-electron chi connectivity index (χ4n) is 8.25. The lowest BCUT2D eigenvalue weighted by Crippen LogP contribution is -2.28. The minimum absolute atomic E-state index is 0.0146. The molecule has 1 unspecified atom stereocenters. The molecule has 0 aliphatic heterocycles. The Morgan fingerprint density at radius 3 is 1.40 bits per heavy atom. The molecule has 0 aliphatic carbocycles. The number of aromatic nitrogens is 1. The second-order valence-electron chi connectivity index (χ2n) is 17.9. The zero-order valence-corrected chi connectivity index (χ0v) is 40.0. The Morgan fingerprint density at radius 1 is 0.533 bits per heavy atom. The number of ether oxygens (including phenoxy) is 2. The van der Waals surface area contributed by atoms with E-state index in [1.807, 2.05) is 6.07 Å². The molecule has 1 heterocycles. The highest BCUT2D eigenvalue weighted by Gasteiger charge is 2.15. The van der Waals surface area contributed by atoms with E-state index in [4.69, 9.17) is 9.47 Å². The van der Waals surface area contributed by atoms with Gasteiger partial charge in [-0.3, -0.25) is 14.4 Å². The molecule has 1 aromatic rings. The number of carbonyl (C=O) groups excluding carboxylic acids is 2. The van der Waals surface area contributed by atoms with Gasteiger partial charge in [0.15, 0.2) is 0 Å². The van der Waals surface area contributed by atoms with E-state index in [0.29, 0.717) is 12.8 Å². The van der Waals surface area contributed by atoms with Crippen LogP contribution in [-0.4, -0.2) is 60.2 Å². The molecule has 8 nitrogen and oxygen atoms in total. The molecule has 0 aliphatic rings. The quantitative estimate of drug-likeness (QED) is 0.0498. The maximum absolute atomic E-state index is 12.9. The highest BCUT2D eigenvalue weighted by atomic mass is 16.5. The van der Waals surface area contributed by atoms with Gasteiger partial charge >= 0.3 is 11.9 Å². The predicted octanol–water partition coefficient (Wildman–Crippen LogP) is 14.6. The Morgan fingerprint density at radius 2 is 0.933 bits per heavy atom. The SMILES string of the molecule is CCCCCCCCC(CC)OC(=O)CCCCCCCN(CCCCCCCC(=O)OC(CCCCCCCC)CCCCCCCC)CCCNc1cc[nH]c(=O)c1. The van der Waals surface area contributed by atoms with Crippen LogP contribution in [0.1, 0.15) is 252 Å². The van der Waals surface area contributed by atoms with E-state index >= 15 is 0 Å². The molecule has 0 amide bonds. The van der Waals surface area contributed by atoms with Gasteiger partial charge in [-0.05, 0) is 103 Å². The summed E-state index contributed by atoms with van der Waals surface area (Å²) < 4.78 is 11.9. The number of hydrogen-bond acceptors (Lipinski definition) is 7. The number of rotatable bonds is 45. The Bertz CT molecular complexity index is 1140. The van der Waals surface area contributed by atoms with Gasteiger partial charge < -0.3 is 24.7 Å². The topological polar surface area (TPSA) is 101 Å². The summed E-state index contributed by atoms with van der Waals surface area (Å²) in [6.45, 7) is 13.0. The second-order valence-corrected chi connectivity index (χ2v) is 17.9. The van der Waals surface area contributed by atoms with Crippen LogP contribution in [0, 0.1) is 0 Å². The Labute approximate surface area is 370 Å². The first-order valence-electron chi connectivity index (χ1n) is 26.0. The second kappa shape index (κ2) is 42.0. The average molecular weight is 844 g/mol. The molecule has 0 spiro atoms. The van der Waals surface area contributed by atoms with E-state index in [0.717, 1.165) is 109 Å². The van der Waals surface area contributed by atoms with Gasteiger partial charge in [0.25, 0.3) is 0 Å². The standard InChI is InChI=1S/C52H97N3O5/c1-5-9-12-15-20-27-35-48(8-4)59-51(57)38-30-23-18-25-32-43-55(45-34-41-53-47-40-42-54-50(56)46-47)44-33-26-19-24-31-39-52(58)60-49(36-28-21-16-13-10-6-2)37-29-22-17-14-11-7-3/h40,42,46,48-49H,5-39,41,43-45H2,1-4H3,(H2,53,54,56). The van der Waals surface area contributed by atoms with Gasteiger partial charge in [-0.1, -0.05) is 163 Å². The number of unbranched alkanes of at least 4 members (excludes halogenated alkanes) is 23. The molecule has 0 bridgehead atoms. The third-order valence-electron chi connectivity index (χ3n) is 12.2. The van der Waals surface area contributed by atoms with E-state index in [2.05, 4.69) is 42.9 Å². The molecule has 0 radical (unpaired) electrons. The molecule has 60 heavy (non-hydrogen) atoms. The molecule has 0 aromatic carbocycles. The zero-order chi connectivity index (χ0) is 43.6. The van der Waals surface area contributed by atoms with E-state index in [-0.39, 0.29) is 29.7 Å². The van der Waals surface area contributed by atoms with Crippen LogP contribution < -0.4 is 10.9 Å². The van der Waals surface area contributed by atoms with Crippen LogP contribution in [-0.2, 0) is 19.1 Å². The lowest BCUT2D eigenvalue weighted by atomic mass is 10.0. The van der Waals surface area contributed by atoms with Gasteiger partial charge in [0, 0.05) is 37.3 Å². The normalized spacial score (nSPS) is 12.0. The molecule has 1 aromatic heterocycles. The van der Waals surface area contributed by atoms with Crippen LogP contribution in [0.5, 0.6) is 0 Å². The van der Waals surface area contributed by atoms with E-state index < -0.39 is 0 Å². The summed E-state index contributed by atoms with van der Waals surface area (Å²) in [6, 6.07) is 3.52. The molecule has 350 valence electrons. The summed E-state index contributed by atoms with van der Waals surface area (Å²) in [5.41, 5.74) is 0.785. The summed E-state index contributed by atoms with van der Waals surface area (Å²) in [6.07, 6.45) is 41.9. The van der Waals surface area contributed by atoms with Gasteiger partial charge in [-0.2, -0.15) is 0 Å². The number of hydrogen-bond donors (Lipinski definition) is 2. The summed E-state index contributed by atoms with van der Waals surface area (Å²) in [7, 11) is 0. The maximum atomic E-state index is 12.9. The number of anilines is 1. The first-order valence-corrected chi connectivity index (χ1v) is 26.0. The summed E-state index contributed by atoms with van der Waals surface area (Å²) in [5.74, 6) is -0.000340.